The first kappa shape index (κ1) is 20.2. The second-order valence-corrected chi connectivity index (χ2v) is 13.4. The second-order valence-electron chi connectivity index (χ2n) is 10.2. The van der Waals surface area contributed by atoms with Gasteiger partial charge in [-0.25, -0.2) is 0 Å². The molecule has 1 aromatic carbocycles. The van der Waals surface area contributed by atoms with Crippen LogP contribution in [0.4, 0.5) is 0 Å². The van der Waals surface area contributed by atoms with Crippen LogP contribution >= 0.6 is 7.14 Å². The van der Waals surface area contributed by atoms with Gasteiger partial charge in [-0.3, -0.25) is 4.99 Å². The minimum absolute atomic E-state index is 0.272. The highest BCUT2D eigenvalue weighted by Crippen LogP contribution is 2.50. The number of fused-ring (bicyclic) bond motifs is 6. The van der Waals surface area contributed by atoms with Crippen LogP contribution in [-0.4, -0.2) is 25.1 Å². The second kappa shape index (κ2) is 7.56. The molecule has 0 aromatic heterocycles. The summed E-state index contributed by atoms with van der Waals surface area (Å²) in [5.74, 6) is 2.15. The van der Waals surface area contributed by atoms with E-state index in [9.17, 15) is 4.57 Å². The first-order valence-electron chi connectivity index (χ1n) is 11.9. The van der Waals surface area contributed by atoms with Crippen molar-refractivity contribution in [3.63, 3.8) is 0 Å². The molecule has 1 aromatic rings. The molecule has 1 fully saturated rings. The molecule has 1 aliphatic heterocycles. The number of allylic oxidation sites excluding steroid dienone is 10. The van der Waals surface area contributed by atoms with Crippen molar-refractivity contribution >= 4 is 23.7 Å². The van der Waals surface area contributed by atoms with Gasteiger partial charge in [-0.15, -0.1) is 0 Å². The molecule has 32 heavy (non-hydrogen) atoms. The molecule has 6 atom stereocenters. The summed E-state index contributed by atoms with van der Waals surface area (Å²) in [6.07, 6.45) is 25.2. The number of aliphatic imine (C=N–C) groups is 1. The van der Waals surface area contributed by atoms with Crippen LogP contribution in [0, 0.1) is 29.6 Å². The van der Waals surface area contributed by atoms with E-state index in [0.29, 0.717) is 29.6 Å². The lowest BCUT2D eigenvalue weighted by atomic mass is 9.62. The summed E-state index contributed by atoms with van der Waals surface area (Å²) in [7, 11) is -2.33. The molecule has 0 bridgehead atoms. The molecule has 162 valence electrons. The Morgan fingerprint density at radius 1 is 0.938 bits per heavy atom. The summed E-state index contributed by atoms with van der Waals surface area (Å²) in [5, 5.41) is 0.969. The molecular formula is C29H30NOP. The fourth-order valence-electron chi connectivity index (χ4n) is 6.30. The zero-order chi connectivity index (χ0) is 21.9. The number of benzene rings is 1. The fraction of sp³-hybridized carbons (Fsp3) is 0.345. The van der Waals surface area contributed by atoms with Crippen molar-refractivity contribution in [3.8, 4) is 0 Å². The van der Waals surface area contributed by atoms with Crippen LogP contribution in [0.5, 0.6) is 0 Å². The maximum atomic E-state index is 12.9. The van der Waals surface area contributed by atoms with Gasteiger partial charge in [0, 0.05) is 29.0 Å². The van der Waals surface area contributed by atoms with Gasteiger partial charge in [-0.1, -0.05) is 79.0 Å². The van der Waals surface area contributed by atoms with E-state index in [1.165, 1.54) is 28.8 Å². The predicted molar refractivity (Wildman–Crippen MR) is 136 cm³/mol. The Kier molecular flexibility index (Phi) is 4.77. The van der Waals surface area contributed by atoms with Gasteiger partial charge in [0.05, 0.1) is 11.8 Å². The molecule has 5 unspecified atom stereocenters. The smallest absolute Gasteiger partial charge is 0.109 e. The van der Waals surface area contributed by atoms with Gasteiger partial charge in [0.25, 0.3) is 0 Å². The molecule has 1 saturated carbocycles. The Labute approximate surface area is 191 Å². The topological polar surface area (TPSA) is 29.4 Å². The van der Waals surface area contributed by atoms with E-state index in [-0.39, 0.29) is 6.04 Å². The summed E-state index contributed by atoms with van der Waals surface area (Å²) < 4.78 is 12.9. The molecule has 2 nitrogen and oxygen atoms in total. The van der Waals surface area contributed by atoms with Crippen LogP contribution < -0.4 is 5.30 Å². The molecule has 4 aliphatic carbocycles. The standard InChI is InChI=1S/C29H30NOP/c1-32(2,31)22-11-7-10-21(18-22)27-25-16-14-19-8-3-5-12-23(19)28(25)30-29-24-13-6-4-9-20(24)15-17-26(27)29/h3-14,16,18-20,23-24,26,29H,15,17H2,1-2H3/t19?,20?,23?,24?,26?,29-/m0/s1. The lowest BCUT2D eigenvalue weighted by molar-refractivity contribution is 0.246. The van der Waals surface area contributed by atoms with Gasteiger partial charge in [-0.2, -0.15) is 0 Å². The van der Waals surface area contributed by atoms with Crippen molar-refractivity contribution in [3.05, 3.63) is 96.2 Å². The molecule has 0 radical (unpaired) electrons. The van der Waals surface area contributed by atoms with Crippen molar-refractivity contribution in [1.29, 1.82) is 0 Å². The molecule has 3 heteroatoms. The van der Waals surface area contributed by atoms with Gasteiger partial charge in [0.2, 0.25) is 0 Å². The Morgan fingerprint density at radius 3 is 2.62 bits per heavy atom. The van der Waals surface area contributed by atoms with Crippen LogP contribution in [0.25, 0.3) is 5.57 Å². The summed E-state index contributed by atoms with van der Waals surface area (Å²) in [4.78, 5) is 5.52. The third kappa shape index (κ3) is 3.23. The van der Waals surface area contributed by atoms with Gasteiger partial charge in [-0.05, 0) is 54.9 Å². The third-order valence-electron chi connectivity index (χ3n) is 7.90. The summed E-state index contributed by atoms with van der Waals surface area (Å²) in [6, 6.07) is 8.81. The lowest BCUT2D eigenvalue weighted by Crippen LogP contribution is -2.43. The summed E-state index contributed by atoms with van der Waals surface area (Å²) in [5.41, 5.74) is 5.21. The zero-order valence-corrected chi connectivity index (χ0v) is 19.7. The summed E-state index contributed by atoms with van der Waals surface area (Å²) >= 11 is 0. The number of hydrogen-bond acceptors (Lipinski definition) is 2. The first-order chi connectivity index (χ1) is 15.5. The minimum Gasteiger partial charge on any atom is -0.319 e. The Hall–Kier alpha value is -2.44. The van der Waals surface area contributed by atoms with Crippen LogP contribution in [0.1, 0.15) is 18.4 Å². The number of hydrogen-bond donors (Lipinski definition) is 0. The lowest BCUT2D eigenvalue weighted by Gasteiger charge is -2.46. The molecule has 0 saturated heterocycles. The maximum absolute atomic E-state index is 12.9. The van der Waals surface area contributed by atoms with E-state index in [1.807, 2.05) is 19.4 Å². The van der Waals surface area contributed by atoms with Crippen molar-refractivity contribution in [2.45, 2.75) is 18.9 Å². The third-order valence-corrected chi connectivity index (χ3v) is 9.42. The number of dihydropyridines is 1. The zero-order valence-electron chi connectivity index (χ0n) is 18.8. The highest BCUT2D eigenvalue weighted by Gasteiger charge is 2.45. The van der Waals surface area contributed by atoms with Crippen molar-refractivity contribution in [1.82, 2.24) is 0 Å². The normalized spacial score (nSPS) is 34.5. The molecule has 5 aliphatic rings. The molecule has 6 rings (SSSR count). The van der Waals surface area contributed by atoms with Gasteiger partial charge in [0.15, 0.2) is 0 Å². The van der Waals surface area contributed by atoms with Crippen molar-refractivity contribution in [2.75, 3.05) is 13.3 Å². The van der Waals surface area contributed by atoms with E-state index < -0.39 is 7.14 Å². The molecule has 0 amide bonds. The highest BCUT2D eigenvalue weighted by atomic mass is 31.2. The van der Waals surface area contributed by atoms with Crippen LogP contribution in [0.15, 0.2) is 95.6 Å². The quantitative estimate of drug-likeness (QED) is 0.504. The molecule has 0 N–H and O–H groups in total. The molecule has 0 spiro atoms. The number of rotatable bonds is 2. The average molecular weight is 440 g/mol. The van der Waals surface area contributed by atoms with Crippen LogP contribution in [0.3, 0.4) is 0 Å². The summed E-state index contributed by atoms with van der Waals surface area (Å²) in [6.45, 7) is 3.74. The molecule has 1 heterocycles. The SMILES string of the molecule is CP(C)(=O)c1cccc(C2=C3C=CC4C=CC=CC4C3=N[C@@H]3C2CCC2C=CC=CC23)c1. The average Bonchev–Trinajstić information content (AvgIpc) is 2.82. The van der Waals surface area contributed by atoms with Crippen LogP contribution in [0.2, 0.25) is 0 Å². The van der Waals surface area contributed by atoms with E-state index in [4.69, 9.17) is 4.99 Å². The van der Waals surface area contributed by atoms with Gasteiger partial charge < -0.3 is 4.57 Å². The van der Waals surface area contributed by atoms with E-state index in [1.54, 1.807) is 0 Å². The minimum atomic E-state index is -2.33. The Bertz CT molecular complexity index is 1220. The molecular weight excluding hydrogens is 409 g/mol. The Balaban J connectivity index is 1.55. The van der Waals surface area contributed by atoms with Crippen molar-refractivity contribution in [2.24, 2.45) is 34.6 Å². The fourth-order valence-corrected chi connectivity index (χ4v) is 7.20. The number of nitrogens with zero attached hydrogens (tertiary/aromatic N) is 1. The van der Waals surface area contributed by atoms with Crippen molar-refractivity contribution < 1.29 is 4.57 Å². The van der Waals surface area contributed by atoms with E-state index in [0.717, 1.165) is 11.7 Å². The Morgan fingerprint density at radius 2 is 1.75 bits per heavy atom. The largest absolute Gasteiger partial charge is 0.319 e. The van der Waals surface area contributed by atoms with Gasteiger partial charge in [0.1, 0.15) is 7.14 Å². The van der Waals surface area contributed by atoms with E-state index in [2.05, 4.69) is 79.0 Å². The van der Waals surface area contributed by atoms with Gasteiger partial charge >= 0.3 is 0 Å². The first-order valence-corrected chi connectivity index (χ1v) is 14.5. The maximum Gasteiger partial charge on any atom is 0.109 e. The van der Waals surface area contributed by atoms with E-state index >= 15 is 0 Å². The predicted octanol–water partition coefficient (Wildman–Crippen LogP) is 6.21. The van der Waals surface area contributed by atoms with Crippen LogP contribution in [-0.2, 0) is 4.57 Å². The highest BCUT2D eigenvalue weighted by molar-refractivity contribution is 7.70. The monoisotopic (exact) mass is 439 g/mol.